The maximum absolute atomic E-state index is 13.2. The van der Waals surface area contributed by atoms with E-state index in [1.54, 1.807) is 0 Å². The molecule has 0 spiro atoms. The maximum Gasteiger partial charge on any atom is 0.419 e. The van der Waals surface area contributed by atoms with Gasteiger partial charge in [-0.2, -0.15) is 13.2 Å². The molecule has 1 radical (unpaired) electrons. The molecule has 0 saturated carbocycles. The molecule has 3 N–H and O–H groups in total. The van der Waals surface area contributed by atoms with Gasteiger partial charge in [0.1, 0.15) is 5.82 Å². The number of alkyl halides is 3. The number of carbonyl (C=O) groups is 2. The summed E-state index contributed by atoms with van der Waals surface area (Å²) in [6.07, 6.45) is -3.10. The van der Waals surface area contributed by atoms with Gasteiger partial charge in [0.05, 0.1) is 5.56 Å². The van der Waals surface area contributed by atoms with Crippen LogP contribution in [-0.2, 0) is 15.8 Å². The summed E-state index contributed by atoms with van der Waals surface area (Å²) >= 11 is 0. The minimum absolute atomic E-state index is 0.0599. The van der Waals surface area contributed by atoms with Crippen molar-refractivity contribution in [2.75, 3.05) is 6.54 Å². The van der Waals surface area contributed by atoms with Crippen molar-refractivity contribution < 1.29 is 27.2 Å². The third-order valence-corrected chi connectivity index (χ3v) is 2.33. The van der Waals surface area contributed by atoms with E-state index in [2.05, 4.69) is 11.1 Å². The van der Waals surface area contributed by atoms with Crippen molar-refractivity contribution in [2.24, 2.45) is 5.73 Å². The summed E-state index contributed by atoms with van der Waals surface area (Å²) in [6, 6.07) is 2.50. The Bertz CT molecular complexity index is 515. The van der Waals surface area contributed by atoms with E-state index < -0.39 is 29.4 Å². The molecule has 1 aromatic carbocycles. The van der Waals surface area contributed by atoms with Gasteiger partial charge in [0.25, 0.3) is 0 Å². The number of amides is 2. The van der Waals surface area contributed by atoms with Crippen molar-refractivity contribution in [3.05, 3.63) is 41.6 Å². The van der Waals surface area contributed by atoms with Gasteiger partial charge in [0.2, 0.25) is 0 Å². The Morgan fingerprint density at radius 1 is 1.30 bits per heavy atom. The molecule has 0 aliphatic heterocycles. The van der Waals surface area contributed by atoms with E-state index in [0.29, 0.717) is 6.07 Å². The molecule has 0 atom stereocenters. The van der Waals surface area contributed by atoms with Gasteiger partial charge in [0.15, 0.2) is 0 Å². The number of primary amides is 1. The lowest BCUT2D eigenvalue weighted by molar-refractivity contribution is -0.140. The van der Waals surface area contributed by atoms with E-state index in [9.17, 15) is 27.2 Å². The van der Waals surface area contributed by atoms with Gasteiger partial charge in [-0.25, -0.2) is 4.39 Å². The van der Waals surface area contributed by atoms with Crippen LogP contribution >= 0.6 is 0 Å². The third kappa shape index (κ3) is 4.52. The molecule has 20 heavy (non-hydrogen) atoms. The zero-order chi connectivity index (χ0) is 15.3. The number of hydrogen-bond donors (Lipinski definition) is 2. The second-order valence-corrected chi connectivity index (χ2v) is 3.85. The van der Waals surface area contributed by atoms with Gasteiger partial charge in [0, 0.05) is 6.54 Å². The molecule has 0 unspecified atom stereocenters. The standard InChI is InChI=1S/C12H11F4N2O2/c13-9-6-7(3-4-8(9)12(14,15)16)2-1-5-18-11(20)10(17)19/h2-4,6H,1,5H2,(H2,17,19)(H,18,20). The van der Waals surface area contributed by atoms with Crippen molar-refractivity contribution in [2.45, 2.75) is 12.6 Å². The summed E-state index contributed by atoms with van der Waals surface area (Å²) in [7, 11) is 0. The summed E-state index contributed by atoms with van der Waals surface area (Å²) in [5.41, 5.74) is 3.59. The second kappa shape index (κ2) is 6.36. The number of benzene rings is 1. The number of nitrogens with two attached hydrogens (primary N) is 1. The highest BCUT2D eigenvalue weighted by atomic mass is 19.4. The Morgan fingerprint density at radius 3 is 2.45 bits per heavy atom. The molecule has 0 saturated heterocycles. The minimum atomic E-state index is -4.74. The zero-order valence-electron chi connectivity index (χ0n) is 10.1. The van der Waals surface area contributed by atoms with Crippen LogP contribution in [0.4, 0.5) is 17.6 Å². The first-order valence-corrected chi connectivity index (χ1v) is 5.49. The summed E-state index contributed by atoms with van der Waals surface area (Å²) in [4.78, 5) is 21.2. The lowest BCUT2D eigenvalue weighted by atomic mass is 10.1. The lowest BCUT2D eigenvalue weighted by Crippen LogP contribution is -2.36. The van der Waals surface area contributed by atoms with Crippen LogP contribution in [0.2, 0.25) is 0 Å². The molecule has 4 nitrogen and oxygen atoms in total. The zero-order valence-corrected chi connectivity index (χ0v) is 10.1. The predicted octanol–water partition coefficient (Wildman–Crippen LogP) is 1.39. The fraction of sp³-hybridized carbons (Fsp3) is 0.250. The third-order valence-electron chi connectivity index (χ3n) is 2.33. The smallest absolute Gasteiger partial charge is 0.361 e. The van der Waals surface area contributed by atoms with E-state index in [-0.39, 0.29) is 18.5 Å². The Balaban J connectivity index is 2.52. The Morgan fingerprint density at radius 2 is 1.95 bits per heavy atom. The summed E-state index contributed by atoms with van der Waals surface area (Å²) < 4.78 is 50.1. The van der Waals surface area contributed by atoms with Crippen LogP contribution in [0.3, 0.4) is 0 Å². The van der Waals surface area contributed by atoms with Crippen LogP contribution in [-0.4, -0.2) is 18.4 Å². The number of rotatable bonds is 4. The summed E-state index contributed by atoms with van der Waals surface area (Å²) in [6.45, 7) is 0.0599. The van der Waals surface area contributed by atoms with Crippen LogP contribution in [0, 0.1) is 12.2 Å². The van der Waals surface area contributed by atoms with E-state index in [0.717, 1.165) is 12.1 Å². The van der Waals surface area contributed by atoms with Crippen molar-refractivity contribution in [1.82, 2.24) is 5.32 Å². The molecule has 0 aliphatic rings. The fourth-order valence-corrected chi connectivity index (χ4v) is 1.40. The van der Waals surface area contributed by atoms with E-state index in [1.807, 2.05) is 0 Å². The number of nitrogens with one attached hydrogen (secondary N) is 1. The molecule has 8 heteroatoms. The highest BCUT2D eigenvalue weighted by molar-refractivity contribution is 6.34. The highest BCUT2D eigenvalue weighted by Gasteiger charge is 2.33. The van der Waals surface area contributed by atoms with Crippen LogP contribution < -0.4 is 11.1 Å². The van der Waals surface area contributed by atoms with Gasteiger partial charge in [-0.15, -0.1) is 0 Å². The molecule has 1 rings (SSSR count). The molecule has 1 aromatic rings. The van der Waals surface area contributed by atoms with Crippen LogP contribution in [0.25, 0.3) is 0 Å². The normalized spacial score (nSPS) is 11.2. The Hall–Kier alpha value is -2.12. The monoisotopic (exact) mass is 291 g/mol. The molecular weight excluding hydrogens is 280 g/mol. The van der Waals surface area contributed by atoms with Crippen LogP contribution in [0.1, 0.15) is 17.5 Å². The number of hydrogen-bond acceptors (Lipinski definition) is 2. The molecule has 0 fully saturated rings. The molecule has 109 valence electrons. The molecule has 0 aromatic heterocycles. The van der Waals surface area contributed by atoms with E-state index >= 15 is 0 Å². The quantitative estimate of drug-likeness (QED) is 0.500. The average Bonchev–Trinajstić information content (AvgIpc) is 2.32. The van der Waals surface area contributed by atoms with Gasteiger partial charge in [-0.3, -0.25) is 9.59 Å². The first kappa shape index (κ1) is 15.9. The summed E-state index contributed by atoms with van der Waals surface area (Å²) in [5, 5.41) is 2.18. The molecule has 0 heterocycles. The topological polar surface area (TPSA) is 72.2 Å². The largest absolute Gasteiger partial charge is 0.419 e. The van der Waals surface area contributed by atoms with E-state index in [4.69, 9.17) is 0 Å². The van der Waals surface area contributed by atoms with Crippen LogP contribution in [0.5, 0.6) is 0 Å². The lowest BCUT2D eigenvalue weighted by Gasteiger charge is -2.09. The maximum atomic E-state index is 13.2. The van der Waals surface area contributed by atoms with Crippen molar-refractivity contribution in [3.63, 3.8) is 0 Å². The van der Waals surface area contributed by atoms with Gasteiger partial charge in [-0.1, -0.05) is 6.07 Å². The molecular formula is C12H11F4N2O2. The van der Waals surface area contributed by atoms with Gasteiger partial charge in [-0.05, 0) is 30.5 Å². The van der Waals surface area contributed by atoms with Gasteiger partial charge >= 0.3 is 18.0 Å². The average molecular weight is 291 g/mol. The number of halogens is 4. The minimum Gasteiger partial charge on any atom is -0.361 e. The Kier molecular flexibility index (Phi) is 5.06. The molecule has 0 aliphatic carbocycles. The van der Waals surface area contributed by atoms with Crippen molar-refractivity contribution in [1.29, 1.82) is 0 Å². The summed E-state index contributed by atoms with van der Waals surface area (Å²) in [5.74, 6) is -3.46. The molecule has 0 bridgehead atoms. The Labute approximate surface area is 111 Å². The second-order valence-electron chi connectivity index (χ2n) is 3.85. The van der Waals surface area contributed by atoms with Crippen molar-refractivity contribution in [3.8, 4) is 0 Å². The highest BCUT2D eigenvalue weighted by Crippen LogP contribution is 2.31. The first-order chi connectivity index (χ1) is 9.21. The van der Waals surface area contributed by atoms with E-state index in [1.165, 1.54) is 6.42 Å². The van der Waals surface area contributed by atoms with Crippen molar-refractivity contribution >= 4 is 11.8 Å². The fourth-order valence-electron chi connectivity index (χ4n) is 1.40. The van der Waals surface area contributed by atoms with Gasteiger partial charge < -0.3 is 11.1 Å². The van der Waals surface area contributed by atoms with Crippen LogP contribution in [0.15, 0.2) is 18.2 Å². The SMILES string of the molecule is NC(=O)C(=O)NCC[CH]c1ccc(C(F)(F)F)c(F)c1. The molecule has 2 amide bonds. The predicted molar refractivity (Wildman–Crippen MR) is 61.6 cm³/mol. The first-order valence-electron chi connectivity index (χ1n) is 5.49. The number of carbonyl (C=O) groups excluding carboxylic acids is 2.